The van der Waals surface area contributed by atoms with Gasteiger partial charge in [-0.15, -0.1) is 10.7 Å². The van der Waals surface area contributed by atoms with Crippen molar-refractivity contribution in [1.82, 2.24) is 0 Å². The first kappa shape index (κ1) is 22.8. The number of hydrogen-bond donors (Lipinski definition) is 0. The largest absolute Gasteiger partial charge is 1.00 e. The van der Waals surface area contributed by atoms with E-state index >= 15 is 0 Å². The van der Waals surface area contributed by atoms with Gasteiger partial charge in [0.15, 0.2) is 0 Å². The summed E-state index contributed by atoms with van der Waals surface area (Å²) in [6, 6.07) is 0. The first-order valence-electron chi connectivity index (χ1n) is 0.730. The van der Waals surface area contributed by atoms with Gasteiger partial charge in [0.1, 0.15) is 0 Å². The first-order chi connectivity index (χ1) is 2.83. The molecule has 0 aromatic carbocycles. The molecule has 8 heteroatoms. The Bertz CT molecular complexity index is 35.0. The van der Waals surface area contributed by atoms with Crippen LogP contribution in [0.25, 0.3) is 0 Å². The molecular formula is HgKN2O4. The topological polar surface area (TPSA) is 105 Å². The molecule has 8 heavy (non-hydrogen) atoms. The van der Waals surface area contributed by atoms with Gasteiger partial charge in [0, 0.05) is 0 Å². The molecule has 0 saturated carbocycles. The van der Waals surface area contributed by atoms with Crippen LogP contribution in [0.4, 0.5) is 0 Å². The Balaban J connectivity index is -0.0000000160. The molecule has 0 aromatic rings. The fourth-order valence-electron chi connectivity index (χ4n) is 0. The van der Waals surface area contributed by atoms with Gasteiger partial charge in [-0.25, -0.2) is 0 Å². The average molecular weight is 332 g/mol. The molecule has 0 saturated heterocycles. The van der Waals surface area contributed by atoms with Crippen LogP contribution in [0.3, 0.4) is 0 Å². The quantitative estimate of drug-likeness (QED) is 0.278. The second-order valence-electron chi connectivity index (χ2n) is 0.149. The summed E-state index contributed by atoms with van der Waals surface area (Å²) >= 11 is 0. The van der Waals surface area contributed by atoms with Crippen LogP contribution in [-0.4, -0.2) is 0 Å². The van der Waals surface area contributed by atoms with E-state index in [9.17, 15) is 0 Å². The molecular weight excluding hydrogens is 332 g/mol. The smallest absolute Gasteiger partial charge is 0.444 e. The maximum atomic E-state index is 8.00. The third kappa shape index (κ3) is 159. The maximum absolute atomic E-state index is 8.00. The molecule has 0 aliphatic heterocycles. The van der Waals surface area contributed by atoms with E-state index in [4.69, 9.17) is 20.2 Å². The van der Waals surface area contributed by atoms with E-state index in [-0.39, 0.29) is 79.1 Å². The third-order valence-corrected chi connectivity index (χ3v) is 0. The van der Waals surface area contributed by atoms with Crippen LogP contribution < -0.4 is 51.4 Å². The molecule has 0 aromatic heterocycles. The van der Waals surface area contributed by atoms with Crippen molar-refractivity contribution in [3.63, 3.8) is 0 Å². The van der Waals surface area contributed by atoms with Crippen molar-refractivity contribution in [2.24, 2.45) is 10.7 Å². The van der Waals surface area contributed by atoms with Crippen molar-refractivity contribution in [2.75, 3.05) is 0 Å². The molecule has 1 radical (unpaired) electrons. The van der Waals surface area contributed by atoms with Gasteiger partial charge in [-0.2, -0.15) is 0 Å². The van der Waals surface area contributed by atoms with E-state index in [2.05, 4.69) is 0 Å². The van der Waals surface area contributed by atoms with Gasteiger partial charge in [-0.05, 0) is 0 Å². The molecule has 0 rings (SSSR count). The Morgan fingerprint density at radius 2 is 1.00 bits per heavy atom. The minimum Gasteiger partial charge on any atom is -0.444 e. The molecule has 0 aliphatic rings. The second-order valence-corrected chi connectivity index (χ2v) is 0.149. The fourth-order valence-corrected chi connectivity index (χ4v) is 0. The standard InChI is InChI=1S/Hg.K.2HNO2/c;;2*2-1-3/h;;2*(H,2,3)/q2*+1;;/p-2. The number of rotatable bonds is 0. The molecule has 0 N–H and O–H groups in total. The SMILES string of the molecule is O=N[O-].O=N[O-].[Hg+].[K+]. The molecule has 0 fully saturated rings. The van der Waals surface area contributed by atoms with Gasteiger partial charge < -0.3 is 20.2 Å². The molecule has 37 valence electrons. The molecule has 0 atom stereocenters. The molecule has 0 heterocycles. The van der Waals surface area contributed by atoms with Gasteiger partial charge in [-0.3, -0.25) is 0 Å². The summed E-state index contributed by atoms with van der Waals surface area (Å²) in [7, 11) is 0. The Morgan fingerprint density at radius 3 is 1.00 bits per heavy atom. The monoisotopic (exact) mass is 333 g/mol. The van der Waals surface area contributed by atoms with Gasteiger partial charge in [0.2, 0.25) is 0 Å². The van der Waals surface area contributed by atoms with E-state index in [0.717, 1.165) is 10.7 Å². The normalized spacial score (nSPS) is 3.00. The molecule has 0 bridgehead atoms. The Kier molecular flexibility index (Phi) is 114. The maximum Gasteiger partial charge on any atom is 1.00 e. The minimum absolute atomic E-state index is 0. The third-order valence-electron chi connectivity index (χ3n) is 0. The van der Waals surface area contributed by atoms with Crippen LogP contribution >= 0.6 is 0 Å². The van der Waals surface area contributed by atoms with Crippen LogP contribution in [0.2, 0.25) is 0 Å². The second kappa shape index (κ2) is 40.0. The van der Waals surface area contributed by atoms with E-state index in [1.54, 1.807) is 0 Å². The zero-order chi connectivity index (χ0) is 5.41. The van der Waals surface area contributed by atoms with Gasteiger partial charge >= 0.3 is 79.1 Å². The summed E-state index contributed by atoms with van der Waals surface area (Å²) in [5.41, 5.74) is 0. The summed E-state index contributed by atoms with van der Waals surface area (Å²) in [6.45, 7) is 0. The minimum atomic E-state index is 0. The van der Waals surface area contributed by atoms with Crippen LogP contribution in [0.15, 0.2) is 10.7 Å². The molecule has 6 nitrogen and oxygen atoms in total. The van der Waals surface area contributed by atoms with Crippen LogP contribution in [0.1, 0.15) is 0 Å². The van der Waals surface area contributed by atoms with Crippen molar-refractivity contribution >= 4 is 0 Å². The summed E-state index contributed by atoms with van der Waals surface area (Å²) in [5, 5.41) is 18.0. The number of nitrogens with zero attached hydrogens (tertiary/aromatic N) is 2. The molecule has 0 unspecified atom stereocenters. The predicted octanol–water partition coefficient (Wildman–Crippen LogP) is -2.50. The van der Waals surface area contributed by atoms with Gasteiger partial charge in [-0.1, -0.05) is 0 Å². The Morgan fingerprint density at radius 1 is 1.00 bits per heavy atom. The Hall–Kier alpha value is 1.37. The van der Waals surface area contributed by atoms with E-state index in [1.807, 2.05) is 0 Å². The zero-order valence-electron chi connectivity index (χ0n) is 4.23. The molecule has 0 aliphatic carbocycles. The fraction of sp³-hybridized carbons (Fsp3) is 0. The summed E-state index contributed by atoms with van der Waals surface area (Å²) < 4.78 is 0. The average Bonchev–Trinajstić information content (AvgIpc) is 1.39. The first-order valence-corrected chi connectivity index (χ1v) is 0.730. The zero-order valence-corrected chi connectivity index (χ0v) is 12.9. The number of hydrogen-bond acceptors (Lipinski definition) is 6. The molecule has 0 spiro atoms. The van der Waals surface area contributed by atoms with Crippen molar-refractivity contribution in [2.45, 2.75) is 0 Å². The summed E-state index contributed by atoms with van der Waals surface area (Å²) in [4.78, 5) is 16.0. The van der Waals surface area contributed by atoms with Gasteiger partial charge in [0.05, 0.1) is 0 Å². The van der Waals surface area contributed by atoms with Crippen molar-refractivity contribution in [1.29, 1.82) is 0 Å². The summed E-state index contributed by atoms with van der Waals surface area (Å²) in [6.07, 6.45) is 0. The van der Waals surface area contributed by atoms with Crippen LogP contribution in [0.5, 0.6) is 0 Å². The predicted molar refractivity (Wildman–Crippen MR) is 18.3 cm³/mol. The van der Waals surface area contributed by atoms with Crippen molar-refractivity contribution in [3.05, 3.63) is 20.2 Å². The Labute approximate surface area is 108 Å². The van der Waals surface area contributed by atoms with Crippen LogP contribution in [0, 0.1) is 20.2 Å². The van der Waals surface area contributed by atoms with Crippen molar-refractivity contribution in [3.8, 4) is 0 Å². The van der Waals surface area contributed by atoms with Gasteiger partial charge in [0.25, 0.3) is 0 Å². The summed E-state index contributed by atoms with van der Waals surface area (Å²) in [5.74, 6) is 0. The van der Waals surface area contributed by atoms with E-state index in [1.165, 1.54) is 0 Å². The van der Waals surface area contributed by atoms with Crippen molar-refractivity contribution < 1.29 is 79.1 Å². The van der Waals surface area contributed by atoms with E-state index < -0.39 is 0 Å². The van der Waals surface area contributed by atoms with E-state index in [0.29, 0.717) is 0 Å². The molecule has 0 amide bonds. The van der Waals surface area contributed by atoms with Crippen LogP contribution in [-0.2, 0) is 27.7 Å².